The quantitative estimate of drug-likeness (QED) is 0.670. The van der Waals surface area contributed by atoms with Gasteiger partial charge in [0.1, 0.15) is 11.7 Å². The van der Waals surface area contributed by atoms with E-state index in [4.69, 9.17) is 4.74 Å². The van der Waals surface area contributed by atoms with Crippen LogP contribution in [0.25, 0.3) is 11.3 Å². The van der Waals surface area contributed by atoms with Gasteiger partial charge in [-0.2, -0.15) is 10.9 Å². The second-order valence-electron chi connectivity index (χ2n) is 6.26. The molecule has 0 spiro atoms. The summed E-state index contributed by atoms with van der Waals surface area (Å²) in [5.74, 6) is 1.96. The number of ether oxygens (including phenoxy) is 1. The Morgan fingerprint density at radius 3 is 2.84 bits per heavy atom. The molecule has 1 aliphatic rings. The number of hydrogen-bond acceptors (Lipinski definition) is 3. The molecular weight excluding hydrogens is 328 g/mol. The van der Waals surface area contributed by atoms with E-state index in [1.807, 2.05) is 24.4 Å². The molecule has 0 saturated carbocycles. The van der Waals surface area contributed by atoms with Crippen molar-refractivity contribution < 1.29 is 4.74 Å². The van der Waals surface area contributed by atoms with E-state index in [1.54, 1.807) is 0 Å². The zero-order chi connectivity index (χ0) is 17.1. The van der Waals surface area contributed by atoms with E-state index in [2.05, 4.69) is 59.0 Å². The van der Waals surface area contributed by atoms with Gasteiger partial charge in [-0.1, -0.05) is 36.4 Å². The molecule has 0 saturated heterocycles. The summed E-state index contributed by atoms with van der Waals surface area (Å²) in [7, 11) is -0.143. The van der Waals surface area contributed by atoms with Crippen LogP contribution < -0.4 is 10.1 Å². The zero-order valence-corrected chi connectivity index (χ0v) is 15.2. The van der Waals surface area contributed by atoms with Crippen molar-refractivity contribution in [2.75, 3.05) is 12.2 Å². The van der Waals surface area contributed by atoms with Gasteiger partial charge in [0, 0.05) is 35.3 Å². The SMILES string of the molecule is C[SH]1COc2c(CNCc3cccc(-c4ccccn4)c3)cccc21. The van der Waals surface area contributed by atoms with Crippen LogP contribution >= 0.6 is 10.9 Å². The van der Waals surface area contributed by atoms with E-state index in [0.29, 0.717) is 0 Å². The minimum absolute atomic E-state index is 0.143. The number of benzene rings is 2. The number of thiol groups is 1. The van der Waals surface area contributed by atoms with Crippen LogP contribution in [0.1, 0.15) is 11.1 Å². The topological polar surface area (TPSA) is 34.1 Å². The Hall–Kier alpha value is -2.30. The normalized spacial score (nSPS) is 17.1. The molecule has 0 aliphatic carbocycles. The molecule has 128 valence electrons. The standard InChI is InChI=1S/C21H22N2OS/c1-25-15-24-21-18(8-5-10-20(21)25)14-22-13-16-6-4-7-17(12-16)19-9-2-3-11-23-19/h2-12,22,25H,13-15H2,1H3. The predicted octanol–water partition coefficient (Wildman–Crippen LogP) is 4.38. The first-order valence-corrected chi connectivity index (χ1v) is 10.5. The Kier molecular flexibility index (Phi) is 4.72. The van der Waals surface area contributed by atoms with Crippen LogP contribution in [0.2, 0.25) is 0 Å². The van der Waals surface area contributed by atoms with Crippen LogP contribution in [-0.4, -0.2) is 17.2 Å². The van der Waals surface area contributed by atoms with Crippen LogP contribution in [0.5, 0.6) is 5.75 Å². The molecule has 4 rings (SSSR count). The van der Waals surface area contributed by atoms with Crippen LogP contribution in [0.4, 0.5) is 0 Å². The summed E-state index contributed by atoms with van der Waals surface area (Å²) in [5.41, 5.74) is 4.68. The van der Waals surface area contributed by atoms with Gasteiger partial charge in [-0.05, 0) is 36.1 Å². The van der Waals surface area contributed by atoms with E-state index in [9.17, 15) is 0 Å². The van der Waals surface area contributed by atoms with Crippen molar-refractivity contribution in [1.82, 2.24) is 10.3 Å². The summed E-state index contributed by atoms with van der Waals surface area (Å²) < 4.78 is 5.90. The number of fused-ring (bicyclic) bond motifs is 1. The van der Waals surface area contributed by atoms with E-state index in [-0.39, 0.29) is 10.9 Å². The Morgan fingerprint density at radius 1 is 1.04 bits per heavy atom. The third kappa shape index (κ3) is 3.55. The van der Waals surface area contributed by atoms with Crippen molar-refractivity contribution in [2.24, 2.45) is 0 Å². The van der Waals surface area contributed by atoms with E-state index in [0.717, 1.165) is 36.0 Å². The minimum atomic E-state index is -0.143. The Morgan fingerprint density at radius 2 is 1.96 bits per heavy atom. The van der Waals surface area contributed by atoms with Crippen LogP contribution in [-0.2, 0) is 13.1 Å². The molecule has 25 heavy (non-hydrogen) atoms. The van der Waals surface area contributed by atoms with Gasteiger partial charge in [0.15, 0.2) is 0 Å². The molecule has 1 atom stereocenters. The van der Waals surface area contributed by atoms with Gasteiger partial charge in [0.05, 0.1) is 5.69 Å². The molecule has 1 aromatic heterocycles. The molecule has 2 heterocycles. The maximum atomic E-state index is 5.90. The maximum Gasteiger partial charge on any atom is 0.136 e. The minimum Gasteiger partial charge on any atom is -0.483 e. The first-order valence-electron chi connectivity index (χ1n) is 8.48. The largest absolute Gasteiger partial charge is 0.483 e. The highest BCUT2D eigenvalue weighted by Crippen LogP contribution is 2.47. The lowest BCUT2D eigenvalue weighted by atomic mass is 10.1. The monoisotopic (exact) mass is 350 g/mol. The van der Waals surface area contributed by atoms with Crippen molar-refractivity contribution >= 4 is 10.9 Å². The summed E-state index contributed by atoms with van der Waals surface area (Å²) in [6, 6.07) is 21.1. The van der Waals surface area contributed by atoms with Gasteiger partial charge in [-0.25, -0.2) is 0 Å². The Balaban J connectivity index is 1.43. The Labute approximate surface area is 151 Å². The molecule has 0 fully saturated rings. The number of nitrogens with one attached hydrogen (secondary N) is 1. The Bertz CT molecular complexity index is 867. The summed E-state index contributed by atoms with van der Waals surface area (Å²) in [6.07, 6.45) is 4.11. The average Bonchev–Trinajstić information content (AvgIpc) is 3.05. The van der Waals surface area contributed by atoms with E-state index in [1.165, 1.54) is 16.0 Å². The number of aromatic nitrogens is 1. The molecule has 1 N–H and O–H groups in total. The third-order valence-electron chi connectivity index (χ3n) is 4.42. The highest BCUT2D eigenvalue weighted by Gasteiger charge is 2.19. The van der Waals surface area contributed by atoms with Crippen molar-refractivity contribution in [3.05, 3.63) is 78.0 Å². The summed E-state index contributed by atoms with van der Waals surface area (Å²) in [5, 5.41) is 3.55. The first kappa shape index (κ1) is 16.2. The van der Waals surface area contributed by atoms with Gasteiger partial charge in [0.2, 0.25) is 0 Å². The second-order valence-corrected chi connectivity index (χ2v) is 8.39. The van der Waals surface area contributed by atoms with E-state index >= 15 is 0 Å². The van der Waals surface area contributed by atoms with Crippen molar-refractivity contribution in [1.29, 1.82) is 0 Å². The van der Waals surface area contributed by atoms with E-state index < -0.39 is 0 Å². The number of pyridine rings is 1. The van der Waals surface area contributed by atoms with Crippen molar-refractivity contribution in [3.8, 4) is 17.0 Å². The fourth-order valence-electron chi connectivity index (χ4n) is 3.12. The lowest BCUT2D eigenvalue weighted by Gasteiger charge is -2.10. The average molecular weight is 350 g/mol. The third-order valence-corrected chi connectivity index (χ3v) is 6.11. The maximum absolute atomic E-state index is 5.90. The number of rotatable bonds is 5. The molecule has 2 aromatic carbocycles. The molecule has 0 radical (unpaired) electrons. The molecule has 0 bridgehead atoms. The fraction of sp³-hybridized carbons (Fsp3) is 0.190. The number of hydrogen-bond donors (Lipinski definition) is 2. The summed E-state index contributed by atoms with van der Waals surface area (Å²) in [4.78, 5) is 5.82. The summed E-state index contributed by atoms with van der Waals surface area (Å²) in [6.45, 7) is 1.64. The molecular formula is C21H22N2OS. The van der Waals surface area contributed by atoms with Gasteiger partial charge < -0.3 is 10.1 Å². The molecule has 1 aliphatic heterocycles. The lowest BCUT2D eigenvalue weighted by molar-refractivity contribution is 0.390. The molecule has 4 heteroatoms. The van der Waals surface area contributed by atoms with Crippen LogP contribution in [0.3, 0.4) is 0 Å². The number of para-hydroxylation sites is 1. The van der Waals surface area contributed by atoms with Gasteiger partial charge in [-0.3, -0.25) is 4.98 Å². The van der Waals surface area contributed by atoms with Crippen molar-refractivity contribution in [3.63, 3.8) is 0 Å². The molecule has 0 amide bonds. The van der Waals surface area contributed by atoms with Gasteiger partial charge >= 0.3 is 0 Å². The highest BCUT2D eigenvalue weighted by atomic mass is 32.2. The second kappa shape index (κ2) is 7.30. The molecule has 3 aromatic rings. The fourth-order valence-corrected chi connectivity index (χ4v) is 4.48. The van der Waals surface area contributed by atoms with Gasteiger partial charge in [-0.15, -0.1) is 0 Å². The van der Waals surface area contributed by atoms with Crippen LogP contribution in [0.15, 0.2) is 71.8 Å². The summed E-state index contributed by atoms with van der Waals surface area (Å²) >= 11 is 0. The van der Waals surface area contributed by atoms with Gasteiger partial charge in [0.25, 0.3) is 0 Å². The van der Waals surface area contributed by atoms with Crippen molar-refractivity contribution in [2.45, 2.75) is 18.0 Å². The number of nitrogens with zero attached hydrogens (tertiary/aromatic N) is 1. The zero-order valence-electron chi connectivity index (χ0n) is 14.3. The molecule has 3 nitrogen and oxygen atoms in total. The predicted molar refractivity (Wildman–Crippen MR) is 105 cm³/mol. The van der Waals surface area contributed by atoms with Crippen LogP contribution in [0, 0.1) is 0 Å². The highest BCUT2D eigenvalue weighted by molar-refractivity contribution is 8.16. The first-order chi connectivity index (χ1) is 12.3. The molecule has 1 unspecified atom stereocenters. The smallest absolute Gasteiger partial charge is 0.136 e. The lowest BCUT2D eigenvalue weighted by Crippen LogP contribution is -2.13.